The van der Waals surface area contributed by atoms with E-state index in [1.807, 2.05) is 43.4 Å². The lowest BCUT2D eigenvalue weighted by molar-refractivity contribution is -0.136. The molecule has 2 aromatic carbocycles. The Morgan fingerprint density at radius 1 is 0.841 bits per heavy atom. The molecular formula is C46H56N8O8S. The summed E-state index contributed by atoms with van der Waals surface area (Å²) in [6.07, 6.45) is 5.10. The van der Waals surface area contributed by atoms with Crippen molar-refractivity contribution in [2.75, 3.05) is 92.1 Å². The van der Waals surface area contributed by atoms with Gasteiger partial charge in [0.1, 0.15) is 17.5 Å². The van der Waals surface area contributed by atoms with Crippen LogP contribution in [0.3, 0.4) is 0 Å². The Morgan fingerprint density at radius 2 is 1.51 bits per heavy atom. The third kappa shape index (κ3) is 9.10. The van der Waals surface area contributed by atoms with E-state index in [0.29, 0.717) is 51.9 Å². The number of pyridine rings is 1. The predicted molar refractivity (Wildman–Crippen MR) is 241 cm³/mol. The van der Waals surface area contributed by atoms with E-state index in [9.17, 15) is 28.8 Å². The number of likely N-dealkylation sites (tertiary alicyclic amines) is 1. The largest absolute Gasteiger partial charge is 0.496 e. The molecule has 1 atom stereocenters. The van der Waals surface area contributed by atoms with E-state index >= 15 is 0 Å². The second-order valence-electron chi connectivity index (χ2n) is 17.3. The molecule has 0 saturated carbocycles. The maximum atomic E-state index is 13.5. The van der Waals surface area contributed by atoms with Crippen molar-refractivity contribution in [3.05, 3.63) is 74.5 Å². The number of anilines is 1. The van der Waals surface area contributed by atoms with E-state index in [4.69, 9.17) is 9.47 Å². The van der Waals surface area contributed by atoms with Crippen LogP contribution in [0.2, 0.25) is 0 Å². The Morgan fingerprint density at radius 3 is 2.16 bits per heavy atom. The molecule has 8 rings (SSSR count). The van der Waals surface area contributed by atoms with Crippen molar-refractivity contribution in [1.29, 1.82) is 0 Å². The lowest BCUT2D eigenvalue weighted by atomic mass is 9.96. The number of hydrogen-bond donors (Lipinski definition) is 2. The summed E-state index contributed by atoms with van der Waals surface area (Å²) in [5, 5.41) is 5.92. The van der Waals surface area contributed by atoms with Gasteiger partial charge in [-0.2, -0.15) is 0 Å². The lowest BCUT2D eigenvalue weighted by Crippen LogP contribution is -2.54. The Bertz CT molecular complexity index is 2480. The van der Waals surface area contributed by atoms with Gasteiger partial charge >= 0.3 is 0 Å². The number of nitrogens with one attached hydrogen (secondary N) is 2. The van der Waals surface area contributed by atoms with Crippen molar-refractivity contribution in [3.63, 3.8) is 0 Å². The van der Waals surface area contributed by atoms with Crippen LogP contribution in [0.1, 0.15) is 68.1 Å². The molecule has 2 N–H and O–H groups in total. The number of ether oxygens (including phenoxy) is 2. The molecule has 1 unspecified atom stereocenters. The topological polar surface area (TPSA) is 166 Å². The van der Waals surface area contributed by atoms with Crippen LogP contribution in [0.15, 0.2) is 47.4 Å². The highest BCUT2D eigenvalue weighted by molar-refractivity contribution is 7.21. The number of piperazine rings is 1. The van der Waals surface area contributed by atoms with Crippen molar-refractivity contribution in [2.45, 2.75) is 44.7 Å². The number of aromatic nitrogens is 1. The van der Waals surface area contributed by atoms with E-state index < -0.39 is 29.7 Å². The van der Waals surface area contributed by atoms with Gasteiger partial charge in [-0.1, -0.05) is 0 Å². The quantitative estimate of drug-likeness (QED) is 0.178. The van der Waals surface area contributed by atoms with Crippen LogP contribution in [0.5, 0.6) is 11.5 Å². The molecule has 6 heterocycles. The number of fused-ring (bicyclic) bond motifs is 2. The van der Waals surface area contributed by atoms with Gasteiger partial charge in [-0.05, 0) is 114 Å². The molecular weight excluding hydrogens is 825 g/mol. The van der Waals surface area contributed by atoms with Crippen LogP contribution >= 0.6 is 11.3 Å². The molecule has 17 heteroatoms. The van der Waals surface area contributed by atoms with Crippen molar-refractivity contribution in [2.24, 2.45) is 13.0 Å². The van der Waals surface area contributed by atoms with Gasteiger partial charge in [0.25, 0.3) is 23.3 Å². The van der Waals surface area contributed by atoms with E-state index in [1.54, 1.807) is 44.0 Å². The van der Waals surface area contributed by atoms with Crippen molar-refractivity contribution < 1.29 is 33.4 Å². The van der Waals surface area contributed by atoms with E-state index in [-0.39, 0.29) is 24.3 Å². The van der Waals surface area contributed by atoms with Gasteiger partial charge in [-0.3, -0.25) is 43.9 Å². The fourth-order valence-electron chi connectivity index (χ4n) is 9.32. The SMILES string of the molecule is COc1cc(-c2cn(C)c(=O)c3cc(C(=O)NCC4CCN(CCCN5CCN(c6ccc7c(c6)C(=O)N(C6CCC(=O)NC6=O)C7=O)CC5)CC4)sc23)cc(OC)c1CN(C)C. The number of methoxy groups -OCH3 is 2. The van der Waals surface area contributed by atoms with Crippen LogP contribution in [0, 0.1) is 5.92 Å². The number of rotatable bonds is 14. The smallest absolute Gasteiger partial charge is 0.262 e. The molecule has 0 bridgehead atoms. The summed E-state index contributed by atoms with van der Waals surface area (Å²) in [5.74, 6) is -0.397. The Hall–Kier alpha value is -5.62. The Labute approximate surface area is 370 Å². The van der Waals surface area contributed by atoms with Crippen molar-refractivity contribution in [1.82, 2.24) is 34.8 Å². The van der Waals surface area contributed by atoms with Gasteiger partial charge in [0.15, 0.2) is 0 Å². The maximum absolute atomic E-state index is 13.5. The average Bonchev–Trinajstić information content (AvgIpc) is 3.83. The molecule has 4 aromatic rings. The molecule has 0 radical (unpaired) electrons. The molecule has 334 valence electrons. The standard InChI is InChI=1S/C46H56N8O8S/c1-49(2)26-35-37(61-4)21-29(22-38(35)62-5)34-27-50(3)44(58)33-24-39(63-41(33)34)43(57)47-25-28-11-15-51(16-12-28)13-6-14-52-17-19-53(20-18-52)30-7-8-31-32(23-30)46(60)54(45(31)59)36-9-10-40(55)48-42(36)56/h7-8,21-24,27-28,36H,6,9-20,25-26H2,1-5H3,(H,47,57)(H,48,55,56). The minimum atomic E-state index is -0.977. The number of benzene rings is 2. The van der Waals surface area contributed by atoms with Gasteiger partial charge < -0.3 is 34.1 Å². The van der Waals surface area contributed by atoms with Crippen LogP contribution in [0.4, 0.5) is 5.69 Å². The molecule has 16 nitrogen and oxygen atoms in total. The van der Waals surface area contributed by atoms with Gasteiger partial charge in [-0.15, -0.1) is 11.3 Å². The minimum absolute atomic E-state index is 0.0885. The van der Waals surface area contributed by atoms with Crippen LogP contribution in [0.25, 0.3) is 21.2 Å². The number of imide groups is 2. The van der Waals surface area contributed by atoms with Gasteiger partial charge in [-0.25, -0.2) is 0 Å². The van der Waals surface area contributed by atoms with Crippen molar-refractivity contribution in [3.8, 4) is 22.6 Å². The number of carbonyl (C=O) groups excluding carboxylic acids is 5. The number of thiophene rings is 1. The Balaban J connectivity index is 0.788. The molecule has 3 saturated heterocycles. The zero-order valence-corrected chi connectivity index (χ0v) is 37.5. The minimum Gasteiger partial charge on any atom is -0.496 e. The second-order valence-corrected chi connectivity index (χ2v) is 18.3. The maximum Gasteiger partial charge on any atom is 0.262 e. The Kier molecular flexibility index (Phi) is 13.0. The number of aryl methyl sites for hydroxylation is 1. The lowest BCUT2D eigenvalue weighted by Gasteiger charge is -2.37. The average molecular weight is 881 g/mol. The van der Waals surface area contributed by atoms with Gasteiger partial charge in [0, 0.05) is 74.9 Å². The fraction of sp³-hybridized carbons (Fsp3) is 0.478. The molecule has 0 aliphatic carbocycles. The van der Waals surface area contributed by atoms with Crippen molar-refractivity contribution >= 4 is 56.6 Å². The summed E-state index contributed by atoms with van der Waals surface area (Å²) in [6.45, 7) is 8.55. The van der Waals surface area contributed by atoms with E-state index in [1.165, 1.54) is 11.3 Å². The normalized spacial score (nSPS) is 19.0. The number of carbonyl (C=O) groups is 5. The monoisotopic (exact) mass is 880 g/mol. The van der Waals surface area contributed by atoms with Crippen LogP contribution in [-0.2, 0) is 23.2 Å². The highest BCUT2D eigenvalue weighted by Crippen LogP contribution is 2.40. The zero-order valence-electron chi connectivity index (χ0n) is 36.7. The molecule has 5 amide bonds. The summed E-state index contributed by atoms with van der Waals surface area (Å²) in [4.78, 5) is 88.1. The highest BCUT2D eigenvalue weighted by Gasteiger charge is 2.45. The molecule has 3 fully saturated rings. The summed E-state index contributed by atoms with van der Waals surface area (Å²) in [5.41, 5.74) is 3.91. The number of piperidine rings is 2. The summed E-state index contributed by atoms with van der Waals surface area (Å²) in [7, 11) is 8.97. The first-order chi connectivity index (χ1) is 30.3. The van der Waals surface area contributed by atoms with Crippen LogP contribution < -0.4 is 30.6 Å². The van der Waals surface area contributed by atoms with Gasteiger partial charge in [0.2, 0.25) is 11.8 Å². The third-order valence-electron chi connectivity index (χ3n) is 12.8. The summed E-state index contributed by atoms with van der Waals surface area (Å²) < 4.78 is 13.9. The van der Waals surface area contributed by atoms with Gasteiger partial charge in [0.05, 0.1) is 41.2 Å². The zero-order chi connectivity index (χ0) is 44.5. The number of hydrogen-bond acceptors (Lipinski definition) is 13. The highest BCUT2D eigenvalue weighted by atomic mass is 32.1. The van der Waals surface area contributed by atoms with Crippen LogP contribution in [-0.4, -0.2) is 147 Å². The predicted octanol–water partition coefficient (Wildman–Crippen LogP) is 3.40. The fourth-order valence-corrected chi connectivity index (χ4v) is 10.4. The molecule has 2 aromatic heterocycles. The van der Waals surface area contributed by atoms with E-state index in [0.717, 1.165) is 104 Å². The first kappa shape index (κ1) is 44.0. The number of nitrogens with zero attached hydrogens (tertiary/aromatic N) is 6. The molecule has 63 heavy (non-hydrogen) atoms. The second kappa shape index (κ2) is 18.6. The summed E-state index contributed by atoms with van der Waals surface area (Å²) >= 11 is 1.33. The molecule has 4 aliphatic rings. The molecule has 0 spiro atoms. The first-order valence-corrected chi connectivity index (χ1v) is 22.5. The third-order valence-corrected chi connectivity index (χ3v) is 14.0. The van der Waals surface area contributed by atoms with E-state index in [2.05, 4.69) is 25.3 Å². The molecule has 4 aliphatic heterocycles. The number of amides is 5. The first-order valence-electron chi connectivity index (χ1n) is 21.7. The summed E-state index contributed by atoms with van der Waals surface area (Å²) in [6, 6.07) is 9.98.